The molecule has 0 amide bonds. The van der Waals surface area contributed by atoms with Gasteiger partial charge in [0.1, 0.15) is 0 Å². The van der Waals surface area contributed by atoms with Crippen LogP contribution in [0.3, 0.4) is 0 Å². The van der Waals surface area contributed by atoms with Crippen LogP contribution < -0.4 is 0 Å². The molecule has 1 atom stereocenters. The molecule has 1 aliphatic heterocycles. The molecule has 0 aromatic rings. The van der Waals surface area contributed by atoms with Crippen molar-refractivity contribution in [3.8, 4) is 0 Å². The van der Waals surface area contributed by atoms with Crippen LogP contribution in [0.15, 0.2) is 11.1 Å². The van der Waals surface area contributed by atoms with Gasteiger partial charge in [-0.15, -0.1) is 0 Å². The van der Waals surface area contributed by atoms with E-state index >= 15 is 0 Å². The highest BCUT2D eigenvalue weighted by molar-refractivity contribution is 5.14. The van der Waals surface area contributed by atoms with Crippen LogP contribution in [0.1, 0.15) is 33.1 Å². The fourth-order valence-electron chi connectivity index (χ4n) is 1.66. The van der Waals surface area contributed by atoms with Gasteiger partial charge in [0.2, 0.25) is 0 Å². The highest BCUT2D eigenvalue weighted by Crippen LogP contribution is 2.39. The number of rotatable bonds is 1. The van der Waals surface area contributed by atoms with E-state index in [4.69, 9.17) is 4.74 Å². The van der Waals surface area contributed by atoms with Crippen LogP contribution in [0, 0.1) is 5.92 Å². The Bertz CT molecular complexity index is 189. The van der Waals surface area contributed by atoms with Crippen molar-refractivity contribution in [1.82, 2.24) is 0 Å². The molecule has 0 N–H and O–H groups in total. The zero-order chi connectivity index (χ0) is 7.84. The van der Waals surface area contributed by atoms with Gasteiger partial charge in [0.05, 0.1) is 12.7 Å². The molecule has 62 valence electrons. The Morgan fingerprint density at radius 2 is 1.91 bits per heavy atom. The van der Waals surface area contributed by atoms with Gasteiger partial charge in [0.25, 0.3) is 0 Å². The summed E-state index contributed by atoms with van der Waals surface area (Å²) < 4.78 is 5.73. The number of ether oxygens (including phenoxy) is 1. The fraction of sp³-hybridized carbons (Fsp3) is 0.800. The minimum Gasteiger partial charge on any atom is -0.373 e. The molecule has 0 aromatic carbocycles. The molecule has 0 unspecified atom stereocenters. The summed E-state index contributed by atoms with van der Waals surface area (Å²) in [5.74, 6) is 0.901. The second-order valence-corrected chi connectivity index (χ2v) is 3.95. The first-order chi connectivity index (χ1) is 5.27. The van der Waals surface area contributed by atoms with Gasteiger partial charge < -0.3 is 4.74 Å². The van der Waals surface area contributed by atoms with E-state index in [-0.39, 0.29) is 0 Å². The van der Waals surface area contributed by atoms with Gasteiger partial charge in [-0.2, -0.15) is 0 Å². The predicted molar refractivity (Wildman–Crippen MR) is 45.5 cm³/mol. The van der Waals surface area contributed by atoms with Crippen molar-refractivity contribution in [1.29, 1.82) is 0 Å². The average Bonchev–Trinajstić information content (AvgIpc) is 2.77. The van der Waals surface area contributed by atoms with Crippen LogP contribution in [0.25, 0.3) is 0 Å². The van der Waals surface area contributed by atoms with Crippen LogP contribution >= 0.6 is 0 Å². The lowest BCUT2D eigenvalue weighted by atomic mass is 9.99. The van der Waals surface area contributed by atoms with Crippen LogP contribution in [0.4, 0.5) is 0 Å². The molecule has 0 bridgehead atoms. The van der Waals surface area contributed by atoms with Crippen molar-refractivity contribution in [3.05, 3.63) is 11.1 Å². The first-order valence-corrected chi connectivity index (χ1v) is 4.54. The van der Waals surface area contributed by atoms with Crippen LogP contribution in [0.2, 0.25) is 0 Å². The molecular formula is C10H16O. The molecule has 11 heavy (non-hydrogen) atoms. The first-order valence-electron chi connectivity index (χ1n) is 4.54. The minimum absolute atomic E-state index is 0.568. The van der Waals surface area contributed by atoms with Gasteiger partial charge in [-0.25, -0.2) is 0 Å². The van der Waals surface area contributed by atoms with Crippen molar-refractivity contribution in [2.75, 3.05) is 6.61 Å². The lowest BCUT2D eigenvalue weighted by molar-refractivity contribution is 0.0428. The summed E-state index contributed by atoms with van der Waals surface area (Å²) in [7, 11) is 0. The van der Waals surface area contributed by atoms with Crippen molar-refractivity contribution < 1.29 is 4.74 Å². The predicted octanol–water partition coefficient (Wildman–Crippen LogP) is 2.52. The molecule has 1 fully saturated rings. The maximum Gasteiger partial charge on any atom is 0.0680 e. The molecule has 2 rings (SSSR count). The quantitative estimate of drug-likeness (QED) is 0.525. The topological polar surface area (TPSA) is 9.23 Å². The van der Waals surface area contributed by atoms with E-state index in [1.807, 2.05) is 0 Å². The van der Waals surface area contributed by atoms with Gasteiger partial charge in [-0.3, -0.25) is 0 Å². The maximum atomic E-state index is 5.73. The summed E-state index contributed by atoms with van der Waals surface area (Å²) in [6, 6.07) is 0. The van der Waals surface area contributed by atoms with Gasteiger partial charge in [0, 0.05) is 0 Å². The third kappa shape index (κ3) is 1.48. The molecule has 1 nitrogen and oxygen atoms in total. The summed E-state index contributed by atoms with van der Waals surface area (Å²) in [4.78, 5) is 0. The second-order valence-electron chi connectivity index (χ2n) is 3.95. The summed E-state index contributed by atoms with van der Waals surface area (Å²) in [6.07, 6.45) is 4.56. The summed E-state index contributed by atoms with van der Waals surface area (Å²) in [5.41, 5.74) is 3.01. The van der Waals surface area contributed by atoms with Crippen molar-refractivity contribution in [2.24, 2.45) is 5.92 Å². The second kappa shape index (κ2) is 2.63. The molecular weight excluding hydrogens is 136 g/mol. The Hall–Kier alpha value is -0.300. The van der Waals surface area contributed by atoms with Gasteiger partial charge in [0.15, 0.2) is 0 Å². The van der Waals surface area contributed by atoms with Crippen LogP contribution in [-0.2, 0) is 4.74 Å². The molecule has 0 aromatic heterocycles. The molecule has 1 heterocycles. The highest BCUT2D eigenvalue weighted by atomic mass is 16.5. The lowest BCUT2D eigenvalue weighted by Gasteiger charge is -2.24. The van der Waals surface area contributed by atoms with E-state index < -0.39 is 0 Å². The SMILES string of the molecule is CC1=C(C)C[C@@H](C2CC2)OC1. The Labute approximate surface area is 68.4 Å². The summed E-state index contributed by atoms with van der Waals surface area (Å²) in [5, 5.41) is 0. The number of hydrogen-bond donors (Lipinski definition) is 0. The standard InChI is InChI=1S/C10H16O/c1-7-5-10(9-3-4-9)11-6-8(7)2/h9-10H,3-6H2,1-2H3/t10-/m0/s1. The van der Waals surface area contributed by atoms with Crippen molar-refractivity contribution in [3.63, 3.8) is 0 Å². The molecule has 0 radical (unpaired) electrons. The molecule has 0 spiro atoms. The largest absolute Gasteiger partial charge is 0.373 e. The van der Waals surface area contributed by atoms with E-state index in [2.05, 4.69) is 13.8 Å². The Balaban J connectivity index is 2.00. The molecule has 1 heteroatoms. The zero-order valence-electron chi connectivity index (χ0n) is 7.39. The first kappa shape index (κ1) is 7.35. The molecule has 1 aliphatic carbocycles. The zero-order valence-corrected chi connectivity index (χ0v) is 7.39. The highest BCUT2D eigenvalue weighted by Gasteiger charge is 2.33. The van der Waals surface area contributed by atoms with Gasteiger partial charge in [-0.1, -0.05) is 5.57 Å². The molecule has 2 aliphatic rings. The van der Waals surface area contributed by atoms with Crippen molar-refractivity contribution in [2.45, 2.75) is 39.2 Å². The Kier molecular flexibility index (Phi) is 1.76. The molecule has 0 saturated heterocycles. The minimum atomic E-state index is 0.568. The lowest BCUT2D eigenvalue weighted by Crippen LogP contribution is -2.22. The third-order valence-electron chi connectivity index (χ3n) is 2.90. The summed E-state index contributed by atoms with van der Waals surface area (Å²) in [6.45, 7) is 5.30. The van der Waals surface area contributed by atoms with E-state index in [1.54, 1.807) is 5.57 Å². The van der Waals surface area contributed by atoms with Crippen molar-refractivity contribution >= 4 is 0 Å². The van der Waals surface area contributed by atoms with Crippen LogP contribution in [0.5, 0.6) is 0 Å². The van der Waals surface area contributed by atoms with E-state index in [9.17, 15) is 0 Å². The normalized spacial score (nSPS) is 32.7. The summed E-state index contributed by atoms with van der Waals surface area (Å²) >= 11 is 0. The Morgan fingerprint density at radius 1 is 1.18 bits per heavy atom. The average molecular weight is 152 g/mol. The number of hydrogen-bond acceptors (Lipinski definition) is 1. The fourth-order valence-corrected chi connectivity index (χ4v) is 1.66. The van der Waals surface area contributed by atoms with E-state index in [0.29, 0.717) is 6.10 Å². The Morgan fingerprint density at radius 3 is 2.45 bits per heavy atom. The van der Waals surface area contributed by atoms with Crippen LogP contribution in [-0.4, -0.2) is 12.7 Å². The van der Waals surface area contributed by atoms with E-state index in [1.165, 1.54) is 24.8 Å². The van der Waals surface area contributed by atoms with E-state index in [0.717, 1.165) is 12.5 Å². The maximum absolute atomic E-state index is 5.73. The molecule has 1 saturated carbocycles. The third-order valence-corrected chi connectivity index (χ3v) is 2.90. The monoisotopic (exact) mass is 152 g/mol. The van der Waals surface area contributed by atoms with Gasteiger partial charge in [-0.05, 0) is 44.6 Å². The smallest absolute Gasteiger partial charge is 0.0680 e. The van der Waals surface area contributed by atoms with Gasteiger partial charge >= 0.3 is 0 Å².